The second-order valence-corrected chi connectivity index (χ2v) is 11.7. The van der Waals surface area contributed by atoms with Crippen LogP contribution in [0.25, 0.3) is 32.9 Å². The Morgan fingerprint density at radius 1 is 1.10 bits per heavy atom. The Balaban J connectivity index is 1.61. The van der Waals surface area contributed by atoms with E-state index in [2.05, 4.69) is 25.1 Å². The van der Waals surface area contributed by atoms with Crippen molar-refractivity contribution < 1.29 is 35.8 Å². The number of halogens is 3. The Kier molecular flexibility index (Phi) is 7.05. The van der Waals surface area contributed by atoms with Gasteiger partial charge in [-0.25, -0.2) is 13.4 Å². The van der Waals surface area contributed by atoms with Crippen LogP contribution >= 0.6 is 11.3 Å². The van der Waals surface area contributed by atoms with E-state index in [-0.39, 0.29) is 11.0 Å². The molecule has 40 heavy (non-hydrogen) atoms. The molecule has 0 saturated heterocycles. The second kappa shape index (κ2) is 10.3. The number of rotatable bonds is 8. The Morgan fingerprint density at radius 2 is 1.85 bits per heavy atom. The van der Waals surface area contributed by atoms with Crippen molar-refractivity contribution >= 4 is 31.4 Å². The molecule has 5 aromatic rings. The van der Waals surface area contributed by atoms with Gasteiger partial charge in [0, 0.05) is 0 Å². The van der Waals surface area contributed by atoms with E-state index in [1.54, 1.807) is 18.2 Å². The van der Waals surface area contributed by atoms with Gasteiger partial charge in [-0.2, -0.15) is 18.2 Å². The minimum absolute atomic E-state index is 0.0988. The largest absolute Gasteiger partial charge is 0.501 e. The van der Waals surface area contributed by atoms with Gasteiger partial charge in [-0.3, -0.25) is 9.78 Å². The molecule has 2 aromatic carbocycles. The Labute approximate surface area is 227 Å². The average molecular weight is 594 g/mol. The highest BCUT2D eigenvalue weighted by Gasteiger charge is 2.40. The predicted molar refractivity (Wildman–Crippen MR) is 138 cm³/mol. The Morgan fingerprint density at radius 3 is 2.55 bits per heavy atom. The van der Waals surface area contributed by atoms with E-state index in [0.717, 1.165) is 22.5 Å². The van der Waals surface area contributed by atoms with E-state index in [1.807, 2.05) is 30.3 Å². The van der Waals surface area contributed by atoms with E-state index >= 15 is 0 Å². The van der Waals surface area contributed by atoms with E-state index in [0.29, 0.717) is 10.2 Å². The number of ether oxygens (including phenoxy) is 1. The van der Waals surface area contributed by atoms with Crippen molar-refractivity contribution in [3.63, 3.8) is 0 Å². The number of sulfone groups is 1. The molecule has 11 nitrogen and oxygen atoms in total. The van der Waals surface area contributed by atoms with Gasteiger partial charge in [0.25, 0.3) is 17.5 Å². The maximum atomic E-state index is 13.3. The number of thiazole rings is 1. The van der Waals surface area contributed by atoms with Crippen LogP contribution in [0.3, 0.4) is 0 Å². The zero-order valence-corrected chi connectivity index (χ0v) is 22.0. The summed E-state index contributed by atoms with van der Waals surface area (Å²) in [4.78, 5) is 22.3. The SMILES string of the molecule is COc1nc(-c2nnc(C(c3nc4ccc(-c5ccccc5)cc4s3)S(=O)(=O)CCC(F)(F)F)o2)c(O)c(=O)[nH]1. The first-order chi connectivity index (χ1) is 18.9. The van der Waals surface area contributed by atoms with Gasteiger partial charge in [0.15, 0.2) is 20.8 Å². The zero-order valence-electron chi connectivity index (χ0n) is 20.3. The van der Waals surface area contributed by atoms with Crippen molar-refractivity contribution in [1.29, 1.82) is 0 Å². The molecular formula is C24H18F3N5O6S2. The third-order valence-electron chi connectivity index (χ3n) is 5.70. The molecule has 1 unspecified atom stereocenters. The summed E-state index contributed by atoms with van der Waals surface area (Å²) >= 11 is 0.947. The number of nitrogens with one attached hydrogen (secondary N) is 1. The Hall–Kier alpha value is -4.31. The van der Waals surface area contributed by atoms with Crippen LogP contribution in [0.15, 0.2) is 57.7 Å². The molecule has 3 aromatic heterocycles. The molecule has 0 fully saturated rings. The van der Waals surface area contributed by atoms with Crippen molar-refractivity contribution in [1.82, 2.24) is 25.1 Å². The fourth-order valence-electron chi connectivity index (χ4n) is 3.78. The first kappa shape index (κ1) is 27.3. The summed E-state index contributed by atoms with van der Waals surface area (Å²) in [5.74, 6) is -3.35. The molecule has 0 aliphatic rings. The maximum absolute atomic E-state index is 13.3. The molecule has 0 aliphatic carbocycles. The number of aromatic nitrogens is 5. The van der Waals surface area contributed by atoms with Crippen LogP contribution in [0.1, 0.15) is 22.6 Å². The molecule has 1 atom stereocenters. The molecule has 3 heterocycles. The van der Waals surface area contributed by atoms with Crippen molar-refractivity contribution in [3.8, 4) is 34.5 Å². The molecule has 0 spiro atoms. The molecule has 2 N–H and O–H groups in total. The lowest BCUT2D eigenvalue weighted by molar-refractivity contribution is -0.129. The number of methoxy groups -OCH3 is 1. The topological polar surface area (TPSA) is 161 Å². The summed E-state index contributed by atoms with van der Waals surface area (Å²) in [6, 6.07) is 14.3. The third-order valence-corrected chi connectivity index (χ3v) is 8.85. The molecule has 208 valence electrons. The van der Waals surface area contributed by atoms with Crippen LogP contribution in [0.4, 0.5) is 13.2 Å². The fraction of sp³-hybridized carbons (Fsp3) is 0.208. The number of fused-ring (bicyclic) bond motifs is 1. The molecule has 0 bridgehead atoms. The molecule has 0 saturated carbocycles. The summed E-state index contributed by atoms with van der Waals surface area (Å²) in [7, 11) is -3.42. The summed E-state index contributed by atoms with van der Waals surface area (Å²) in [5, 5.41) is 15.6. The maximum Gasteiger partial charge on any atom is 0.390 e. The number of aromatic hydroxyl groups is 1. The normalized spacial score (nSPS) is 13.0. The highest BCUT2D eigenvalue weighted by atomic mass is 32.2. The van der Waals surface area contributed by atoms with Gasteiger partial charge in [-0.15, -0.1) is 21.5 Å². The van der Waals surface area contributed by atoms with Crippen molar-refractivity contribution in [2.24, 2.45) is 0 Å². The number of hydrogen-bond acceptors (Lipinski definition) is 11. The number of benzene rings is 2. The van der Waals surface area contributed by atoms with Gasteiger partial charge in [-0.1, -0.05) is 36.4 Å². The van der Waals surface area contributed by atoms with Gasteiger partial charge in [0.05, 0.1) is 29.5 Å². The molecule has 16 heteroatoms. The molecule has 0 radical (unpaired) electrons. The monoisotopic (exact) mass is 593 g/mol. The number of H-pyrrole nitrogens is 1. The third kappa shape index (κ3) is 5.53. The van der Waals surface area contributed by atoms with Crippen molar-refractivity contribution in [3.05, 3.63) is 69.8 Å². The summed E-state index contributed by atoms with van der Waals surface area (Å²) in [5.41, 5.74) is 0.619. The predicted octanol–water partition coefficient (Wildman–Crippen LogP) is 4.27. The molecular weight excluding hydrogens is 575 g/mol. The summed E-state index contributed by atoms with van der Waals surface area (Å²) in [6.07, 6.45) is -6.35. The minimum Gasteiger partial charge on any atom is -0.501 e. The minimum atomic E-state index is -4.74. The van der Waals surface area contributed by atoms with Gasteiger partial charge >= 0.3 is 6.18 Å². The number of alkyl halides is 3. The van der Waals surface area contributed by atoms with Crippen LogP contribution in [-0.4, -0.2) is 57.7 Å². The first-order valence-corrected chi connectivity index (χ1v) is 13.9. The van der Waals surface area contributed by atoms with Gasteiger partial charge in [0.2, 0.25) is 11.6 Å². The standard InChI is InChI=1S/C24H18F3N5O6S2/c1-37-23-29-16(17(33)19(34)30-23)20-31-32-21(38-20)18(40(35,36)10-9-24(25,26)27)22-28-14-8-7-13(11-15(14)39-22)12-5-3-2-4-6-12/h2-8,11,18,33H,9-10H2,1H3,(H,29,30,34). The van der Waals surface area contributed by atoms with E-state index in [4.69, 9.17) is 9.15 Å². The zero-order chi connectivity index (χ0) is 28.7. The smallest absolute Gasteiger partial charge is 0.390 e. The van der Waals surface area contributed by atoms with E-state index < -0.39 is 62.2 Å². The van der Waals surface area contributed by atoms with Crippen LogP contribution < -0.4 is 10.3 Å². The summed E-state index contributed by atoms with van der Waals surface area (Å²) in [6.45, 7) is 0. The molecule has 0 aliphatic heterocycles. The van der Waals surface area contributed by atoms with Crippen LogP contribution in [0.5, 0.6) is 11.8 Å². The van der Waals surface area contributed by atoms with Crippen LogP contribution in [-0.2, 0) is 9.84 Å². The van der Waals surface area contributed by atoms with Crippen LogP contribution in [0.2, 0.25) is 0 Å². The number of aromatic amines is 1. The van der Waals surface area contributed by atoms with Crippen molar-refractivity contribution in [2.75, 3.05) is 12.9 Å². The molecule has 5 rings (SSSR count). The van der Waals surface area contributed by atoms with Gasteiger partial charge < -0.3 is 14.3 Å². The lowest BCUT2D eigenvalue weighted by Gasteiger charge is -2.13. The Bertz CT molecular complexity index is 1850. The lowest BCUT2D eigenvalue weighted by Crippen LogP contribution is -2.22. The van der Waals surface area contributed by atoms with Gasteiger partial charge in [0.1, 0.15) is 5.01 Å². The number of nitrogens with zero attached hydrogens (tertiary/aromatic N) is 4. The fourth-order valence-corrected chi connectivity index (χ4v) is 6.86. The van der Waals surface area contributed by atoms with E-state index in [9.17, 15) is 31.5 Å². The summed E-state index contributed by atoms with van der Waals surface area (Å²) < 4.78 is 76.5. The second-order valence-electron chi connectivity index (χ2n) is 8.43. The van der Waals surface area contributed by atoms with Crippen LogP contribution in [0, 0.1) is 0 Å². The molecule has 0 amide bonds. The highest BCUT2D eigenvalue weighted by molar-refractivity contribution is 7.91. The number of hydrogen-bond donors (Lipinski definition) is 2. The quantitative estimate of drug-likeness (QED) is 0.266. The lowest BCUT2D eigenvalue weighted by atomic mass is 10.1. The van der Waals surface area contributed by atoms with Gasteiger partial charge in [-0.05, 0) is 23.3 Å². The average Bonchev–Trinajstić information content (AvgIpc) is 3.56. The highest BCUT2D eigenvalue weighted by Crippen LogP contribution is 2.39. The van der Waals surface area contributed by atoms with E-state index in [1.165, 1.54) is 7.11 Å². The van der Waals surface area contributed by atoms with Crippen molar-refractivity contribution in [2.45, 2.75) is 17.8 Å². The first-order valence-electron chi connectivity index (χ1n) is 11.4.